The van der Waals surface area contributed by atoms with Gasteiger partial charge in [-0.1, -0.05) is 6.07 Å². The number of nitrogens with zero attached hydrogens (tertiary/aromatic N) is 2. The third kappa shape index (κ3) is 5.02. The molecule has 2 heterocycles. The molecule has 0 bridgehead atoms. The zero-order valence-electron chi connectivity index (χ0n) is 17.4. The number of carbonyl (C=O) groups is 2. The number of esters is 2. The predicted octanol–water partition coefficient (Wildman–Crippen LogP) is 3.15. The number of carbonyl (C=O) groups excluding carboxylic acids is 2. The molecule has 2 aromatic heterocycles. The van der Waals surface area contributed by atoms with Gasteiger partial charge in [-0.3, -0.25) is 4.79 Å². The van der Waals surface area contributed by atoms with Crippen LogP contribution >= 0.6 is 11.3 Å². The van der Waals surface area contributed by atoms with E-state index in [2.05, 4.69) is 9.97 Å². The van der Waals surface area contributed by atoms with E-state index in [4.69, 9.17) is 19.9 Å². The lowest BCUT2D eigenvalue weighted by atomic mass is 10.1. The van der Waals surface area contributed by atoms with Crippen LogP contribution in [0.1, 0.15) is 40.0 Å². The van der Waals surface area contributed by atoms with E-state index in [-0.39, 0.29) is 37.0 Å². The van der Waals surface area contributed by atoms with Crippen molar-refractivity contribution in [2.45, 2.75) is 33.3 Å². The molecule has 0 radical (unpaired) electrons. The molecule has 0 atom stereocenters. The molecule has 10 heteroatoms. The number of aromatic hydroxyl groups is 1. The van der Waals surface area contributed by atoms with E-state index in [1.54, 1.807) is 32.0 Å². The molecule has 0 spiro atoms. The first kappa shape index (κ1) is 22.3. The maximum atomic E-state index is 12.1. The Kier molecular flexibility index (Phi) is 6.91. The first-order chi connectivity index (χ1) is 14.8. The molecule has 3 aromatic rings. The number of thiophene rings is 1. The number of nitrogen functional groups attached to an aromatic ring is 1. The van der Waals surface area contributed by atoms with Crippen molar-refractivity contribution in [2.75, 3.05) is 19.5 Å². The van der Waals surface area contributed by atoms with Crippen molar-refractivity contribution in [3.05, 3.63) is 40.0 Å². The van der Waals surface area contributed by atoms with Crippen molar-refractivity contribution >= 4 is 39.3 Å². The van der Waals surface area contributed by atoms with Gasteiger partial charge in [-0.15, -0.1) is 11.3 Å². The highest BCUT2D eigenvalue weighted by Crippen LogP contribution is 2.33. The van der Waals surface area contributed by atoms with Crippen LogP contribution < -0.4 is 10.5 Å². The van der Waals surface area contributed by atoms with Crippen LogP contribution in [0.25, 0.3) is 10.2 Å². The lowest BCUT2D eigenvalue weighted by Gasteiger charge is -2.07. The minimum atomic E-state index is -0.438. The van der Waals surface area contributed by atoms with Crippen LogP contribution in [-0.4, -0.2) is 40.7 Å². The van der Waals surface area contributed by atoms with Gasteiger partial charge in [-0.05, 0) is 43.5 Å². The quantitative estimate of drug-likeness (QED) is 0.501. The molecule has 3 N–H and O–H groups in total. The summed E-state index contributed by atoms with van der Waals surface area (Å²) in [5.41, 5.74) is 7.50. The van der Waals surface area contributed by atoms with Crippen LogP contribution in [0.5, 0.6) is 11.5 Å². The summed E-state index contributed by atoms with van der Waals surface area (Å²) in [6, 6.07) is 4.95. The number of ether oxygens (including phenoxy) is 3. The molecule has 164 valence electrons. The molecule has 0 amide bonds. The maximum Gasteiger partial charge on any atom is 0.348 e. The fourth-order valence-corrected chi connectivity index (χ4v) is 4.13. The van der Waals surface area contributed by atoms with Crippen LogP contribution in [0.15, 0.2) is 18.2 Å². The molecule has 3 rings (SSSR count). The number of nitrogens with two attached hydrogens (primary N) is 1. The Balaban J connectivity index is 1.64. The summed E-state index contributed by atoms with van der Waals surface area (Å²) in [6.45, 7) is 3.63. The Morgan fingerprint density at radius 1 is 1.23 bits per heavy atom. The zero-order chi connectivity index (χ0) is 22.5. The van der Waals surface area contributed by atoms with Gasteiger partial charge in [0.05, 0.1) is 19.1 Å². The summed E-state index contributed by atoms with van der Waals surface area (Å²) in [4.78, 5) is 33.7. The molecule has 0 aliphatic carbocycles. The molecule has 9 nitrogen and oxygen atoms in total. The van der Waals surface area contributed by atoms with E-state index >= 15 is 0 Å². The van der Waals surface area contributed by atoms with Crippen molar-refractivity contribution in [1.29, 1.82) is 0 Å². The second kappa shape index (κ2) is 9.61. The fourth-order valence-electron chi connectivity index (χ4n) is 3.03. The highest BCUT2D eigenvalue weighted by Gasteiger charge is 2.20. The average molecular weight is 445 g/mol. The first-order valence-electron chi connectivity index (χ1n) is 9.58. The minimum Gasteiger partial charge on any atom is -0.504 e. The summed E-state index contributed by atoms with van der Waals surface area (Å²) in [5.74, 6) is -0.0244. The van der Waals surface area contributed by atoms with Gasteiger partial charge in [0.2, 0.25) is 0 Å². The average Bonchev–Trinajstić information content (AvgIpc) is 3.08. The van der Waals surface area contributed by atoms with Crippen molar-refractivity contribution in [3.63, 3.8) is 0 Å². The van der Waals surface area contributed by atoms with E-state index < -0.39 is 11.9 Å². The summed E-state index contributed by atoms with van der Waals surface area (Å²) >= 11 is 1.17. The molecule has 1 aromatic carbocycles. The van der Waals surface area contributed by atoms with Gasteiger partial charge in [0.1, 0.15) is 15.5 Å². The standard InChI is InChI=1S/C21H23N3O6S/c1-4-29-21(27)18-11(2)17-19(22)23-15(24-20(17)31-18)10-30-16(26)8-6-12-5-7-14(28-3)13(25)9-12/h5,7,9,25H,4,6,8,10H2,1-3H3,(H2,22,23,24). The van der Waals surface area contributed by atoms with Gasteiger partial charge in [0, 0.05) is 6.42 Å². The number of aromatic nitrogens is 2. The predicted molar refractivity (Wildman–Crippen MR) is 115 cm³/mol. The number of phenols is 1. The number of rotatable bonds is 8. The molecule has 0 unspecified atom stereocenters. The van der Waals surface area contributed by atoms with E-state index in [0.717, 1.165) is 5.56 Å². The smallest absolute Gasteiger partial charge is 0.348 e. The highest BCUT2D eigenvalue weighted by molar-refractivity contribution is 7.20. The number of anilines is 1. The van der Waals surface area contributed by atoms with Crippen LogP contribution in [0.4, 0.5) is 5.82 Å². The monoisotopic (exact) mass is 445 g/mol. The second-order valence-corrected chi connectivity index (χ2v) is 7.65. The molecule has 0 saturated carbocycles. The van der Waals surface area contributed by atoms with E-state index in [1.807, 2.05) is 0 Å². The van der Waals surface area contributed by atoms with Crippen molar-refractivity contribution in [3.8, 4) is 11.5 Å². The Morgan fingerprint density at radius 3 is 2.68 bits per heavy atom. The molecular formula is C21H23N3O6S. The third-order valence-electron chi connectivity index (χ3n) is 4.55. The first-order valence-corrected chi connectivity index (χ1v) is 10.4. The van der Waals surface area contributed by atoms with Crippen molar-refractivity contribution < 1.29 is 28.9 Å². The SMILES string of the molecule is CCOC(=O)c1sc2nc(COC(=O)CCc3ccc(OC)c(O)c3)nc(N)c2c1C. The van der Waals surface area contributed by atoms with E-state index in [0.29, 0.717) is 32.8 Å². The van der Waals surface area contributed by atoms with Gasteiger partial charge in [-0.25, -0.2) is 14.8 Å². The number of aryl methyl sites for hydroxylation is 2. The van der Waals surface area contributed by atoms with Gasteiger partial charge in [-0.2, -0.15) is 0 Å². The summed E-state index contributed by atoms with van der Waals surface area (Å²) in [6.07, 6.45) is 0.514. The van der Waals surface area contributed by atoms with E-state index in [9.17, 15) is 14.7 Å². The number of phenolic OH excluding ortho intramolecular Hbond substituents is 1. The van der Waals surface area contributed by atoms with E-state index in [1.165, 1.54) is 18.4 Å². The van der Waals surface area contributed by atoms with Crippen LogP contribution in [-0.2, 0) is 27.3 Å². The third-order valence-corrected chi connectivity index (χ3v) is 5.71. The Labute approximate surface area is 182 Å². The van der Waals surface area contributed by atoms with Gasteiger partial charge < -0.3 is 25.1 Å². The lowest BCUT2D eigenvalue weighted by Crippen LogP contribution is -2.09. The number of hydrogen-bond donors (Lipinski definition) is 2. The summed E-state index contributed by atoms with van der Waals surface area (Å²) in [5, 5.41) is 10.4. The lowest BCUT2D eigenvalue weighted by molar-refractivity contribution is -0.145. The van der Waals surface area contributed by atoms with Crippen molar-refractivity contribution in [1.82, 2.24) is 9.97 Å². The minimum absolute atomic E-state index is 0.0129. The molecule has 0 fully saturated rings. The molecule has 0 aliphatic heterocycles. The normalized spacial score (nSPS) is 10.8. The largest absolute Gasteiger partial charge is 0.504 e. The van der Waals surface area contributed by atoms with Crippen LogP contribution in [0.3, 0.4) is 0 Å². The molecule has 31 heavy (non-hydrogen) atoms. The molecule has 0 aliphatic rings. The van der Waals surface area contributed by atoms with Crippen LogP contribution in [0.2, 0.25) is 0 Å². The highest BCUT2D eigenvalue weighted by atomic mass is 32.1. The molecular weight excluding hydrogens is 422 g/mol. The Morgan fingerprint density at radius 2 is 2.00 bits per heavy atom. The topological polar surface area (TPSA) is 134 Å². The molecule has 0 saturated heterocycles. The fraction of sp³-hybridized carbons (Fsp3) is 0.333. The maximum absolute atomic E-state index is 12.1. The number of fused-ring (bicyclic) bond motifs is 1. The van der Waals surface area contributed by atoms with Gasteiger partial charge >= 0.3 is 11.9 Å². The number of methoxy groups -OCH3 is 1. The van der Waals surface area contributed by atoms with Crippen LogP contribution in [0, 0.1) is 6.92 Å². The summed E-state index contributed by atoms with van der Waals surface area (Å²) < 4.78 is 15.3. The van der Waals surface area contributed by atoms with Crippen molar-refractivity contribution in [2.24, 2.45) is 0 Å². The number of hydrogen-bond acceptors (Lipinski definition) is 10. The zero-order valence-corrected chi connectivity index (χ0v) is 18.2. The number of benzene rings is 1. The Bertz CT molecular complexity index is 1130. The van der Waals surface area contributed by atoms with Gasteiger partial charge in [0.15, 0.2) is 23.9 Å². The van der Waals surface area contributed by atoms with Gasteiger partial charge in [0.25, 0.3) is 0 Å². The Hall–Kier alpha value is -3.40. The summed E-state index contributed by atoms with van der Waals surface area (Å²) in [7, 11) is 1.47. The second-order valence-electron chi connectivity index (χ2n) is 6.65.